The fourth-order valence-corrected chi connectivity index (χ4v) is 3.06. The Morgan fingerprint density at radius 3 is 1.59 bits per heavy atom. The fourth-order valence-electron chi connectivity index (χ4n) is 3.06. The Labute approximate surface area is 133 Å². The second kappa shape index (κ2) is 7.70. The fraction of sp³-hybridized carbons (Fsp3) is 0.875. The predicted octanol–water partition coefficient (Wildman–Crippen LogP) is 4.14. The number of rotatable bonds is 10. The molecular weight excluding hydrogens is 284 g/mol. The number of azo groups is 1. The van der Waals surface area contributed by atoms with E-state index in [4.69, 9.17) is 0 Å². The van der Waals surface area contributed by atoms with Crippen LogP contribution >= 0.6 is 0 Å². The van der Waals surface area contributed by atoms with Crippen molar-refractivity contribution in [2.24, 2.45) is 15.6 Å². The van der Waals surface area contributed by atoms with Gasteiger partial charge in [-0.05, 0) is 39.5 Å². The third-order valence-electron chi connectivity index (χ3n) is 5.15. The summed E-state index contributed by atoms with van der Waals surface area (Å²) in [6.07, 6.45) is 2.86. The Morgan fingerprint density at radius 2 is 1.32 bits per heavy atom. The lowest BCUT2D eigenvalue weighted by molar-refractivity contribution is -0.150. The Kier molecular flexibility index (Phi) is 7.19. The first-order chi connectivity index (χ1) is 10.1. The maximum absolute atomic E-state index is 11.9. The van der Waals surface area contributed by atoms with Gasteiger partial charge in [0, 0.05) is 5.41 Å². The summed E-state index contributed by atoms with van der Waals surface area (Å²) in [4.78, 5) is 23.3. The number of hydrogen-bond donors (Lipinski definition) is 2. The lowest BCUT2D eigenvalue weighted by atomic mass is 9.65. The smallest absolute Gasteiger partial charge is 0.333 e. The highest BCUT2D eigenvalue weighted by Gasteiger charge is 2.51. The van der Waals surface area contributed by atoms with Gasteiger partial charge < -0.3 is 10.2 Å². The summed E-state index contributed by atoms with van der Waals surface area (Å²) in [5, 5.41) is 27.2. The van der Waals surface area contributed by atoms with Crippen LogP contribution in [0, 0.1) is 5.41 Å². The van der Waals surface area contributed by atoms with Crippen LogP contribution in [0.4, 0.5) is 0 Å². The number of carboxylic acids is 2. The summed E-state index contributed by atoms with van der Waals surface area (Å²) >= 11 is 0. The molecule has 0 aliphatic rings. The van der Waals surface area contributed by atoms with Gasteiger partial charge in [0.2, 0.25) is 0 Å². The van der Waals surface area contributed by atoms with Gasteiger partial charge in [-0.15, -0.1) is 0 Å². The average molecular weight is 314 g/mol. The van der Waals surface area contributed by atoms with Crippen LogP contribution in [0.25, 0.3) is 0 Å². The molecule has 0 bridgehead atoms. The van der Waals surface area contributed by atoms with E-state index in [1.807, 2.05) is 27.7 Å². The largest absolute Gasteiger partial charge is 0.479 e. The van der Waals surface area contributed by atoms with Crippen molar-refractivity contribution >= 4 is 11.9 Å². The number of carbonyl (C=O) groups is 2. The minimum absolute atomic E-state index is 0.318. The van der Waals surface area contributed by atoms with Gasteiger partial charge in [0.25, 0.3) is 0 Å². The van der Waals surface area contributed by atoms with Crippen molar-refractivity contribution < 1.29 is 19.8 Å². The van der Waals surface area contributed by atoms with Crippen molar-refractivity contribution in [2.75, 3.05) is 0 Å². The van der Waals surface area contributed by atoms with E-state index in [0.717, 1.165) is 0 Å². The minimum atomic E-state index is -1.43. The normalized spacial score (nSPS) is 17.9. The Bertz CT molecular complexity index is 424. The first-order valence-corrected chi connectivity index (χ1v) is 8.00. The molecular formula is C16H30N2O4. The van der Waals surface area contributed by atoms with E-state index in [1.54, 1.807) is 6.92 Å². The molecule has 0 radical (unpaired) electrons. The zero-order chi connectivity index (χ0) is 17.6. The van der Waals surface area contributed by atoms with Crippen LogP contribution < -0.4 is 0 Å². The van der Waals surface area contributed by atoms with Crippen LogP contribution in [0.5, 0.6) is 0 Å². The molecule has 0 spiro atoms. The molecule has 0 aromatic rings. The molecule has 6 heteroatoms. The number of hydrogen-bond acceptors (Lipinski definition) is 4. The topological polar surface area (TPSA) is 99.3 Å². The first kappa shape index (κ1) is 20.5. The van der Waals surface area contributed by atoms with Gasteiger partial charge in [-0.1, -0.05) is 34.1 Å². The average Bonchev–Trinajstić information content (AvgIpc) is 2.47. The van der Waals surface area contributed by atoms with Gasteiger partial charge in [0.15, 0.2) is 11.1 Å². The van der Waals surface area contributed by atoms with E-state index in [-0.39, 0.29) is 0 Å². The molecule has 2 atom stereocenters. The number of nitrogens with zero attached hydrogens (tertiary/aromatic N) is 2. The number of carboxylic acid groups (broad SMARTS) is 2. The van der Waals surface area contributed by atoms with Gasteiger partial charge in [0.1, 0.15) is 0 Å². The van der Waals surface area contributed by atoms with Gasteiger partial charge in [-0.2, -0.15) is 10.2 Å². The molecule has 22 heavy (non-hydrogen) atoms. The van der Waals surface area contributed by atoms with Gasteiger partial charge in [0.05, 0.1) is 0 Å². The van der Waals surface area contributed by atoms with Crippen LogP contribution in [0.1, 0.15) is 73.6 Å². The highest BCUT2D eigenvalue weighted by molar-refractivity contribution is 5.80. The van der Waals surface area contributed by atoms with Gasteiger partial charge >= 0.3 is 11.9 Å². The molecule has 2 N–H and O–H groups in total. The Hall–Kier alpha value is -1.46. The van der Waals surface area contributed by atoms with Crippen molar-refractivity contribution in [2.45, 2.75) is 84.7 Å². The summed E-state index contributed by atoms with van der Waals surface area (Å²) in [6.45, 7) is 10.7. The summed E-state index contributed by atoms with van der Waals surface area (Å²) in [5.41, 5.74) is -3.36. The quantitative estimate of drug-likeness (QED) is 0.592. The van der Waals surface area contributed by atoms with E-state index in [9.17, 15) is 19.8 Å². The monoisotopic (exact) mass is 314 g/mol. The summed E-state index contributed by atoms with van der Waals surface area (Å²) in [7, 11) is 0. The summed E-state index contributed by atoms with van der Waals surface area (Å²) < 4.78 is 0. The van der Waals surface area contributed by atoms with Crippen LogP contribution in [0.15, 0.2) is 10.2 Å². The molecule has 0 aromatic carbocycles. The minimum Gasteiger partial charge on any atom is -0.479 e. The van der Waals surface area contributed by atoms with Crippen LogP contribution in [0.3, 0.4) is 0 Å². The van der Waals surface area contributed by atoms with Crippen molar-refractivity contribution in [3.63, 3.8) is 0 Å². The molecule has 6 nitrogen and oxygen atoms in total. The first-order valence-electron chi connectivity index (χ1n) is 8.00. The lowest BCUT2D eigenvalue weighted by Gasteiger charge is -2.41. The molecule has 0 amide bonds. The molecule has 0 aromatic heterocycles. The molecule has 0 aliphatic carbocycles. The maximum atomic E-state index is 11.9. The molecule has 0 rings (SSSR count). The molecule has 0 saturated carbocycles. The van der Waals surface area contributed by atoms with E-state index in [2.05, 4.69) is 10.2 Å². The van der Waals surface area contributed by atoms with Crippen molar-refractivity contribution in [1.29, 1.82) is 0 Å². The highest BCUT2D eigenvalue weighted by atomic mass is 16.4. The molecule has 128 valence electrons. The Balaban J connectivity index is 5.94. The van der Waals surface area contributed by atoms with E-state index in [0.29, 0.717) is 32.1 Å². The summed E-state index contributed by atoms with van der Waals surface area (Å²) in [6, 6.07) is 0. The van der Waals surface area contributed by atoms with Crippen LogP contribution in [-0.2, 0) is 9.59 Å². The molecule has 0 saturated heterocycles. The Morgan fingerprint density at radius 1 is 0.864 bits per heavy atom. The van der Waals surface area contributed by atoms with Crippen molar-refractivity contribution in [3.05, 3.63) is 0 Å². The number of aliphatic carboxylic acids is 2. The summed E-state index contributed by atoms with van der Waals surface area (Å²) in [5.74, 6) is -2.15. The van der Waals surface area contributed by atoms with Gasteiger partial charge in [-0.25, -0.2) is 9.59 Å². The van der Waals surface area contributed by atoms with E-state index < -0.39 is 28.4 Å². The standard InChI is InChI=1S/C16H30N2O4/c1-7-11-14(5,12(19)20)17-18-15(6,13(21)22)16(8-2,9-3)10-4/h7-11H2,1-6H3,(H,19,20)(H,21,22). The second-order valence-electron chi connectivity index (χ2n) is 6.25. The van der Waals surface area contributed by atoms with Crippen molar-refractivity contribution in [3.8, 4) is 0 Å². The molecule has 2 unspecified atom stereocenters. The van der Waals surface area contributed by atoms with Crippen LogP contribution in [-0.4, -0.2) is 33.2 Å². The zero-order valence-electron chi connectivity index (χ0n) is 14.6. The molecule has 0 fully saturated rings. The highest BCUT2D eigenvalue weighted by Crippen LogP contribution is 2.45. The molecule has 0 aliphatic heterocycles. The predicted molar refractivity (Wildman–Crippen MR) is 85.2 cm³/mol. The lowest BCUT2D eigenvalue weighted by Crippen LogP contribution is -2.50. The third kappa shape index (κ3) is 3.65. The van der Waals surface area contributed by atoms with Crippen molar-refractivity contribution in [1.82, 2.24) is 0 Å². The van der Waals surface area contributed by atoms with Crippen LogP contribution in [0.2, 0.25) is 0 Å². The zero-order valence-corrected chi connectivity index (χ0v) is 14.6. The van der Waals surface area contributed by atoms with Gasteiger partial charge in [-0.3, -0.25) is 0 Å². The maximum Gasteiger partial charge on any atom is 0.333 e. The van der Waals surface area contributed by atoms with E-state index >= 15 is 0 Å². The molecule has 0 heterocycles. The third-order valence-corrected chi connectivity index (χ3v) is 5.15. The van der Waals surface area contributed by atoms with E-state index in [1.165, 1.54) is 6.92 Å². The SMILES string of the molecule is CCCC(C)(N=NC(C)(C(=O)O)C(CC)(CC)CC)C(=O)O. The second-order valence-corrected chi connectivity index (χ2v) is 6.25.